The molecule has 14 heteroatoms. The summed E-state index contributed by atoms with van der Waals surface area (Å²) in [6.07, 6.45) is -15.0. The molecule has 2 fully saturated rings. The number of hydrogen-bond acceptors (Lipinski definition) is 13. The van der Waals surface area contributed by atoms with Gasteiger partial charge in [-0.1, -0.05) is 0 Å². The molecule has 10 atom stereocenters. The van der Waals surface area contributed by atoms with E-state index in [2.05, 4.69) is 0 Å². The molecule has 159 valence electrons. The topological polar surface area (TPSA) is 199 Å². The van der Waals surface area contributed by atoms with Crippen LogP contribution in [0.1, 0.15) is 0 Å². The Kier molecular flexibility index (Phi) is 10.4. The third-order valence-corrected chi connectivity index (χ3v) is 4.50. The summed E-state index contributed by atoms with van der Waals surface area (Å²) in [5.74, 6) is 0. The minimum absolute atomic E-state index is 0. The van der Waals surface area contributed by atoms with Crippen LogP contribution in [0.25, 0.3) is 0 Å². The van der Waals surface area contributed by atoms with Crippen molar-refractivity contribution in [2.45, 2.75) is 61.4 Å². The van der Waals surface area contributed by atoms with E-state index in [-0.39, 0.29) is 34.7 Å². The van der Waals surface area contributed by atoms with Crippen LogP contribution >= 0.6 is 12.3 Å². The Hall–Kier alpha value is 0.610. The molecule has 0 aromatic rings. The molecular formula is C12H22AuO12S. The average molecular weight is 587 g/mol. The molecule has 0 bridgehead atoms. The first-order valence-electron chi connectivity index (χ1n) is 7.41. The van der Waals surface area contributed by atoms with Crippen LogP contribution in [0, 0.1) is 0 Å². The van der Waals surface area contributed by atoms with Gasteiger partial charge in [-0.3, -0.25) is 8.37 Å². The van der Waals surface area contributed by atoms with Crippen LogP contribution in [0.2, 0.25) is 0 Å². The second-order valence-electron chi connectivity index (χ2n) is 5.66. The fourth-order valence-corrected chi connectivity index (χ4v) is 2.91. The first-order chi connectivity index (χ1) is 11.8. The van der Waals surface area contributed by atoms with E-state index in [9.17, 15) is 30.6 Å². The van der Waals surface area contributed by atoms with Gasteiger partial charge in [0.25, 0.3) is 0 Å². The monoisotopic (exact) mass is 587 g/mol. The Morgan fingerprint density at radius 3 is 1.27 bits per heavy atom. The molecule has 12 nitrogen and oxygen atoms in total. The summed E-state index contributed by atoms with van der Waals surface area (Å²) < 4.78 is 20.1. The van der Waals surface area contributed by atoms with Gasteiger partial charge in [-0.15, -0.1) is 0 Å². The zero-order chi connectivity index (χ0) is 18.7. The largest absolute Gasteiger partial charge is 0.394 e. The van der Waals surface area contributed by atoms with E-state index in [4.69, 9.17) is 28.1 Å². The SMILES string of the molecule is OC[C@H]1OC(OSOC2O[C@H](CO)[C@@H](O)[C@H](O)[C@H]2O)[C@H](O)[C@@H](O)[C@@H]1O.[Au]. The van der Waals surface area contributed by atoms with Crippen molar-refractivity contribution in [2.24, 2.45) is 0 Å². The Morgan fingerprint density at radius 2 is 0.962 bits per heavy atom. The van der Waals surface area contributed by atoms with Crippen LogP contribution in [0.15, 0.2) is 0 Å². The molecular weight excluding hydrogens is 565 g/mol. The van der Waals surface area contributed by atoms with Gasteiger partial charge in [0, 0.05) is 22.4 Å². The second-order valence-corrected chi connectivity index (χ2v) is 6.18. The third kappa shape index (κ3) is 5.36. The van der Waals surface area contributed by atoms with Gasteiger partial charge in [0.05, 0.1) is 13.2 Å². The van der Waals surface area contributed by atoms with Gasteiger partial charge in [0.2, 0.25) is 12.6 Å². The van der Waals surface area contributed by atoms with Crippen LogP contribution in [0.4, 0.5) is 0 Å². The van der Waals surface area contributed by atoms with Crippen molar-refractivity contribution in [1.82, 2.24) is 0 Å². The molecule has 0 aromatic carbocycles. The number of aliphatic hydroxyl groups excluding tert-OH is 8. The Morgan fingerprint density at radius 1 is 0.615 bits per heavy atom. The molecule has 0 amide bonds. The van der Waals surface area contributed by atoms with Crippen LogP contribution in [0.3, 0.4) is 0 Å². The molecule has 2 unspecified atom stereocenters. The fourth-order valence-electron chi connectivity index (χ4n) is 2.39. The Balaban J connectivity index is 0.00000338. The third-order valence-electron chi connectivity index (χ3n) is 3.97. The maximum atomic E-state index is 9.77. The van der Waals surface area contributed by atoms with E-state index in [1.807, 2.05) is 0 Å². The zero-order valence-corrected chi connectivity index (χ0v) is 16.1. The predicted octanol–water partition coefficient (Wildman–Crippen LogP) is -4.82. The molecule has 2 aliphatic heterocycles. The Bertz CT molecular complexity index is 382. The van der Waals surface area contributed by atoms with E-state index >= 15 is 0 Å². The first-order valence-corrected chi connectivity index (χ1v) is 8.08. The summed E-state index contributed by atoms with van der Waals surface area (Å²) in [5, 5.41) is 76.2. The van der Waals surface area contributed by atoms with Gasteiger partial charge in [0.15, 0.2) is 12.3 Å². The van der Waals surface area contributed by atoms with Gasteiger partial charge in [-0.2, -0.15) is 0 Å². The maximum absolute atomic E-state index is 9.77. The number of rotatable bonds is 6. The van der Waals surface area contributed by atoms with Gasteiger partial charge < -0.3 is 50.3 Å². The van der Waals surface area contributed by atoms with Crippen LogP contribution in [0.5, 0.6) is 0 Å². The standard InChI is InChI=1S/C12H22O12S.Au/c13-1-3-5(15)7(17)9(19)11(21-3)23-25-24-12-10(20)8(18)6(16)4(2-14)22-12;/h3-20H,1-2H2;/t3-,4-,5-,6-,7+,8+,9-,10-,11?,12?;/m1./s1. The van der Waals surface area contributed by atoms with Gasteiger partial charge >= 0.3 is 0 Å². The molecule has 0 aliphatic carbocycles. The van der Waals surface area contributed by atoms with Crippen molar-refractivity contribution in [3.8, 4) is 0 Å². The molecule has 1 radical (unpaired) electrons. The first kappa shape index (κ1) is 24.6. The minimum Gasteiger partial charge on any atom is -0.394 e. The average Bonchev–Trinajstić information content (AvgIpc) is 2.61. The maximum Gasteiger partial charge on any atom is 0.202 e. The summed E-state index contributed by atoms with van der Waals surface area (Å²) in [4.78, 5) is 0. The van der Waals surface area contributed by atoms with Crippen molar-refractivity contribution in [2.75, 3.05) is 13.2 Å². The Labute approximate surface area is 168 Å². The molecule has 2 heterocycles. The van der Waals surface area contributed by atoms with E-state index < -0.39 is 74.6 Å². The predicted molar refractivity (Wildman–Crippen MR) is 77.3 cm³/mol. The smallest absolute Gasteiger partial charge is 0.202 e. The fraction of sp³-hybridized carbons (Fsp3) is 1.00. The van der Waals surface area contributed by atoms with Gasteiger partial charge in [-0.05, 0) is 0 Å². The van der Waals surface area contributed by atoms with E-state index in [0.29, 0.717) is 0 Å². The number of ether oxygens (including phenoxy) is 2. The summed E-state index contributed by atoms with van der Waals surface area (Å²) >= 11 is 0.187. The molecule has 0 spiro atoms. The van der Waals surface area contributed by atoms with Gasteiger partial charge in [0.1, 0.15) is 48.8 Å². The normalized spacial score (nSPS) is 46.6. The number of aliphatic hydroxyl groups is 8. The summed E-state index contributed by atoms with van der Waals surface area (Å²) in [6.45, 7) is -1.27. The molecule has 26 heavy (non-hydrogen) atoms. The minimum atomic E-state index is -1.65. The van der Waals surface area contributed by atoms with Crippen molar-refractivity contribution in [3.63, 3.8) is 0 Å². The zero-order valence-electron chi connectivity index (χ0n) is 13.1. The molecule has 2 rings (SSSR count). The van der Waals surface area contributed by atoms with Crippen LogP contribution < -0.4 is 0 Å². The van der Waals surface area contributed by atoms with Crippen LogP contribution in [-0.4, -0.2) is 115 Å². The van der Waals surface area contributed by atoms with Crippen molar-refractivity contribution in [3.05, 3.63) is 0 Å². The molecule has 0 saturated carbocycles. The summed E-state index contributed by atoms with van der Waals surface area (Å²) in [6, 6.07) is 0. The summed E-state index contributed by atoms with van der Waals surface area (Å²) in [7, 11) is 0. The van der Waals surface area contributed by atoms with Crippen molar-refractivity contribution >= 4 is 12.3 Å². The van der Waals surface area contributed by atoms with E-state index in [1.54, 1.807) is 0 Å². The molecule has 2 saturated heterocycles. The van der Waals surface area contributed by atoms with Gasteiger partial charge in [-0.25, -0.2) is 0 Å². The van der Waals surface area contributed by atoms with Crippen molar-refractivity contribution < 1.29 is 81.1 Å². The number of hydrogen-bond donors (Lipinski definition) is 8. The summed E-state index contributed by atoms with van der Waals surface area (Å²) in [5.41, 5.74) is 0. The van der Waals surface area contributed by atoms with E-state index in [0.717, 1.165) is 0 Å². The van der Waals surface area contributed by atoms with Crippen molar-refractivity contribution in [1.29, 1.82) is 0 Å². The molecule has 8 N–H and O–H groups in total. The molecule has 0 aromatic heterocycles. The van der Waals surface area contributed by atoms with E-state index in [1.165, 1.54) is 0 Å². The second kappa shape index (κ2) is 11.0. The molecule has 2 aliphatic rings. The van der Waals surface area contributed by atoms with Crippen LogP contribution in [-0.2, 0) is 40.2 Å². The quantitative estimate of drug-likeness (QED) is 0.109.